The molecule has 0 spiro atoms. The van der Waals surface area contributed by atoms with Crippen molar-refractivity contribution < 1.29 is 30.3 Å². The molecule has 0 unspecified atom stereocenters. The molecule has 2 rings (SSSR count). The van der Waals surface area contributed by atoms with E-state index in [1.807, 2.05) is 0 Å². The van der Waals surface area contributed by atoms with Crippen molar-refractivity contribution in [3.8, 4) is 23.0 Å². The van der Waals surface area contributed by atoms with Gasteiger partial charge in [-0.25, -0.2) is 0 Å². The molecule has 0 fully saturated rings. The van der Waals surface area contributed by atoms with Crippen molar-refractivity contribution >= 4 is 11.4 Å². The summed E-state index contributed by atoms with van der Waals surface area (Å²) in [6.07, 6.45) is 0. The van der Waals surface area contributed by atoms with Crippen molar-refractivity contribution in [2.75, 3.05) is 0 Å². The lowest BCUT2D eigenvalue weighted by Crippen LogP contribution is -1.87. The smallest absolute Gasteiger partial charge is 0.314 e. The van der Waals surface area contributed by atoms with Crippen molar-refractivity contribution in [1.82, 2.24) is 0 Å². The Morgan fingerprint density at radius 2 is 1.41 bits per heavy atom. The van der Waals surface area contributed by atoms with E-state index in [2.05, 4.69) is 0 Å². The first kappa shape index (κ1) is 16.5. The topological polar surface area (TPSA) is 167 Å². The molecule has 0 amide bonds. The van der Waals surface area contributed by atoms with Gasteiger partial charge in [0.25, 0.3) is 5.69 Å². The van der Waals surface area contributed by atoms with E-state index in [-0.39, 0.29) is 11.4 Å². The molecule has 0 bridgehead atoms. The summed E-state index contributed by atoms with van der Waals surface area (Å²) in [5.41, 5.74) is -0.745. The maximum atomic E-state index is 10.1. The molecular formula is C12H10N2O8. The highest BCUT2D eigenvalue weighted by molar-refractivity contribution is 5.53. The molecule has 2 aromatic rings. The fourth-order valence-electron chi connectivity index (χ4n) is 1.29. The van der Waals surface area contributed by atoms with E-state index in [1.165, 1.54) is 12.1 Å². The van der Waals surface area contributed by atoms with Crippen LogP contribution in [0.25, 0.3) is 0 Å². The Balaban J connectivity index is 0.000000220. The van der Waals surface area contributed by atoms with Crippen LogP contribution in [0.5, 0.6) is 23.0 Å². The van der Waals surface area contributed by atoms with E-state index in [9.17, 15) is 20.2 Å². The zero-order valence-electron chi connectivity index (χ0n) is 10.8. The SMILES string of the molecule is O=[N+]([O-])c1ccc(O)c(O)c1.O=[N+]([O-])c1cccc(O)c1O. The van der Waals surface area contributed by atoms with Gasteiger partial charge in [-0.2, -0.15) is 0 Å². The second-order valence-corrected chi connectivity index (χ2v) is 3.83. The van der Waals surface area contributed by atoms with Crippen LogP contribution < -0.4 is 0 Å². The molecule has 0 saturated heterocycles. The lowest BCUT2D eigenvalue weighted by atomic mass is 10.3. The molecule has 0 atom stereocenters. The summed E-state index contributed by atoms with van der Waals surface area (Å²) < 4.78 is 0. The van der Waals surface area contributed by atoms with Gasteiger partial charge in [-0.15, -0.1) is 0 Å². The molecule has 0 aliphatic heterocycles. The van der Waals surface area contributed by atoms with Crippen LogP contribution in [-0.4, -0.2) is 30.3 Å². The maximum Gasteiger partial charge on any atom is 0.314 e. The number of nitrogens with zero attached hydrogens (tertiary/aromatic N) is 2. The van der Waals surface area contributed by atoms with E-state index in [0.29, 0.717) is 0 Å². The van der Waals surface area contributed by atoms with Crippen LogP contribution in [0.4, 0.5) is 11.4 Å². The third-order valence-corrected chi connectivity index (χ3v) is 2.36. The van der Waals surface area contributed by atoms with Crippen molar-refractivity contribution in [2.45, 2.75) is 0 Å². The van der Waals surface area contributed by atoms with Crippen molar-refractivity contribution in [3.63, 3.8) is 0 Å². The summed E-state index contributed by atoms with van der Waals surface area (Å²) >= 11 is 0. The van der Waals surface area contributed by atoms with E-state index >= 15 is 0 Å². The number of rotatable bonds is 2. The highest BCUT2D eigenvalue weighted by Crippen LogP contribution is 2.33. The van der Waals surface area contributed by atoms with Gasteiger partial charge in [0.05, 0.1) is 15.9 Å². The first-order valence-corrected chi connectivity index (χ1v) is 5.55. The van der Waals surface area contributed by atoms with Crippen LogP contribution >= 0.6 is 0 Å². The Kier molecular flexibility index (Phi) is 5.06. The summed E-state index contributed by atoms with van der Waals surface area (Å²) in [5.74, 6) is -2.04. The number of phenols is 4. The summed E-state index contributed by atoms with van der Waals surface area (Å²) in [4.78, 5) is 18.8. The van der Waals surface area contributed by atoms with E-state index < -0.39 is 32.8 Å². The molecule has 0 radical (unpaired) electrons. The molecule has 0 aliphatic carbocycles. The van der Waals surface area contributed by atoms with Crippen LogP contribution in [0.2, 0.25) is 0 Å². The lowest BCUT2D eigenvalue weighted by molar-refractivity contribution is -0.386. The molecule has 116 valence electrons. The standard InChI is InChI=1S/2C6H5NO4/c8-5-2-1-4(7(10)11)3-6(5)9;8-5-3-1-2-4(6(5)9)7(10)11/h2*1-3,8-9H. The van der Waals surface area contributed by atoms with E-state index in [0.717, 1.165) is 24.3 Å². The van der Waals surface area contributed by atoms with Crippen molar-refractivity contribution in [1.29, 1.82) is 0 Å². The van der Waals surface area contributed by atoms with Gasteiger partial charge in [0.2, 0.25) is 5.75 Å². The number of para-hydroxylation sites is 1. The second kappa shape index (κ2) is 6.74. The summed E-state index contributed by atoms with van der Waals surface area (Å²) in [6.45, 7) is 0. The Labute approximate surface area is 122 Å². The molecule has 10 heteroatoms. The highest BCUT2D eigenvalue weighted by atomic mass is 16.6. The molecule has 22 heavy (non-hydrogen) atoms. The van der Waals surface area contributed by atoms with Gasteiger partial charge in [-0.05, 0) is 12.1 Å². The molecule has 10 nitrogen and oxygen atoms in total. The molecule has 0 aliphatic rings. The molecular weight excluding hydrogens is 300 g/mol. The zero-order valence-corrected chi connectivity index (χ0v) is 10.8. The fraction of sp³-hybridized carbons (Fsp3) is 0. The summed E-state index contributed by atoms with van der Waals surface area (Å²) in [7, 11) is 0. The Morgan fingerprint density at radius 3 is 1.86 bits per heavy atom. The average molecular weight is 310 g/mol. The number of hydrogen-bond acceptors (Lipinski definition) is 8. The number of aromatic hydroxyl groups is 4. The molecule has 0 heterocycles. The minimum Gasteiger partial charge on any atom is -0.504 e. The van der Waals surface area contributed by atoms with Crippen LogP contribution in [-0.2, 0) is 0 Å². The molecule has 0 aromatic heterocycles. The quantitative estimate of drug-likeness (QED) is 0.371. The number of hydrogen-bond donors (Lipinski definition) is 4. The van der Waals surface area contributed by atoms with Gasteiger partial charge in [-0.3, -0.25) is 20.2 Å². The number of non-ortho nitro benzene ring substituents is 1. The molecule has 0 saturated carbocycles. The summed E-state index contributed by atoms with van der Waals surface area (Å²) in [5, 5.41) is 55.4. The second-order valence-electron chi connectivity index (χ2n) is 3.83. The van der Waals surface area contributed by atoms with Crippen molar-refractivity contribution in [3.05, 3.63) is 56.6 Å². The van der Waals surface area contributed by atoms with Gasteiger partial charge in [-0.1, -0.05) is 6.07 Å². The minimum absolute atomic E-state index is 0.250. The molecule has 2 aromatic carbocycles. The molecule has 4 N–H and O–H groups in total. The predicted octanol–water partition coefficient (Wildman–Crippen LogP) is 2.01. The Morgan fingerprint density at radius 1 is 0.773 bits per heavy atom. The fourth-order valence-corrected chi connectivity index (χ4v) is 1.29. The van der Waals surface area contributed by atoms with Crippen LogP contribution in [0.3, 0.4) is 0 Å². The zero-order chi connectivity index (χ0) is 16.9. The van der Waals surface area contributed by atoms with Gasteiger partial charge in [0.15, 0.2) is 17.2 Å². The highest BCUT2D eigenvalue weighted by Gasteiger charge is 2.15. The predicted molar refractivity (Wildman–Crippen MR) is 72.9 cm³/mol. The average Bonchev–Trinajstić information content (AvgIpc) is 2.45. The monoisotopic (exact) mass is 310 g/mol. The third kappa shape index (κ3) is 3.96. The number of nitro groups is 2. The Bertz CT molecular complexity index is 716. The third-order valence-electron chi connectivity index (χ3n) is 2.36. The van der Waals surface area contributed by atoms with Gasteiger partial charge in [0.1, 0.15) is 0 Å². The van der Waals surface area contributed by atoms with Gasteiger partial charge < -0.3 is 20.4 Å². The normalized spacial score (nSPS) is 9.45. The van der Waals surface area contributed by atoms with Crippen LogP contribution in [0.1, 0.15) is 0 Å². The number of benzene rings is 2. The first-order chi connectivity index (χ1) is 10.2. The first-order valence-electron chi connectivity index (χ1n) is 5.55. The number of phenolic OH excluding ortho intramolecular Hbond substituents is 4. The van der Waals surface area contributed by atoms with E-state index in [1.54, 1.807) is 0 Å². The summed E-state index contributed by atoms with van der Waals surface area (Å²) in [6, 6.07) is 6.61. The van der Waals surface area contributed by atoms with E-state index in [4.69, 9.17) is 20.4 Å². The maximum absolute atomic E-state index is 10.1. The van der Waals surface area contributed by atoms with Gasteiger partial charge >= 0.3 is 5.69 Å². The number of nitro benzene ring substituents is 2. The minimum atomic E-state index is -0.769. The van der Waals surface area contributed by atoms with Crippen molar-refractivity contribution in [2.24, 2.45) is 0 Å². The largest absolute Gasteiger partial charge is 0.504 e. The van der Waals surface area contributed by atoms with Crippen LogP contribution in [0, 0.1) is 20.2 Å². The van der Waals surface area contributed by atoms with Crippen LogP contribution in [0.15, 0.2) is 36.4 Å². The van der Waals surface area contributed by atoms with Gasteiger partial charge in [0, 0.05) is 12.1 Å². The lowest BCUT2D eigenvalue weighted by Gasteiger charge is -1.96. The Hall–Kier alpha value is -3.56.